The van der Waals surface area contributed by atoms with Crippen molar-refractivity contribution in [2.45, 2.75) is 64.5 Å². The van der Waals surface area contributed by atoms with E-state index >= 15 is 0 Å². The highest BCUT2D eigenvalue weighted by molar-refractivity contribution is 5.97. The molecule has 0 spiro atoms. The predicted octanol–water partition coefficient (Wildman–Crippen LogP) is 4.51. The number of carbonyl (C=O) groups is 2. The van der Waals surface area contributed by atoms with Gasteiger partial charge in [-0.05, 0) is 51.7 Å². The van der Waals surface area contributed by atoms with Gasteiger partial charge in [-0.3, -0.25) is 4.79 Å². The topological polar surface area (TPSA) is 94.5 Å². The summed E-state index contributed by atoms with van der Waals surface area (Å²) in [6, 6.07) is 4.84. The number of aromatic nitrogens is 2. The maximum Gasteiger partial charge on any atom is 0.408 e. The van der Waals surface area contributed by atoms with Gasteiger partial charge in [0.2, 0.25) is 5.91 Å². The number of anilines is 1. The highest BCUT2D eigenvalue weighted by Gasteiger charge is 2.32. The summed E-state index contributed by atoms with van der Waals surface area (Å²) >= 11 is 0. The molecule has 3 rings (SSSR count). The summed E-state index contributed by atoms with van der Waals surface area (Å²) in [5, 5.41) is 5.77. The van der Waals surface area contributed by atoms with Crippen LogP contribution in [-0.4, -0.2) is 40.3 Å². The van der Waals surface area contributed by atoms with E-state index in [0.717, 1.165) is 43.4 Å². The molecule has 8 nitrogen and oxygen atoms in total. The first kappa shape index (κ1) is 23.6. The molecule has 0 unspecified atom stereocenters. The average Bonchev–Trinajstić information content (AvgIpc) is 3.16. The fraction of sp³-hybridized carbons (Fsp3) is 0.542. The zero-order valence-electron chi connectivity index (χ0n) is 19.6. The van der Waals surface area contributed by atoms with Crippen molar-refractivity contribution in [3.05, 3.63) is 30.7 Å². The van der Waals surface area contributed by atoms with Crippen LogP contribution in [0.3, 0.4) is 0 Å². The summed E-state index contributed by atoms with van der Waals surface area (Å²) in [6.07, 6.45) is 7.97. The van der Waals surface area contributed by atoms with Crippen LogP contribution in [0.5, 0.6) is 5.75 Å². The van der Waals surface area contributed by atoms with E-state index in [1.165, 1.54) is 0 Å². The van der Waals surface area contributed by atoms with Gasteiger partial charge in [0.05, 0.1) is 25.3 Å². The Morgan fingerprint density at radius 3 is 2.50 bits per heavy atom. The first-order valence-electron chi connectivity index (χ1n) is 11.1. The summed E-state index contributed by atoms with van der Waals surface area (Å²) in [7, 11) is 3.50. The third-order valence-electron chi connectivity index (χ3n) is 5.64. The molecular weight excluding hydrogens is 408 g/mol. The Bertz CT molecular complexity index is 942. The van der Waals surface area contributed by atoms with Crippen molar-refractivity contribution >= 4 is 17.7 Å². The van der Waals surface area contributed by atoms with E-state index < -0.39 is 17.7 Å². The van der Waals surface area contributed by atoms with Crippen molar-refractivity contribution in [1.82, 2.24) is 14.9 Å². The molecule has 2 N–H and O–H groups in total. The molecule has 1 fully saturated rings. The molecule has 2 amide bonds. The molecule has 1 aromatic carbocycles. The van der Waals surface area contributed by atoms with Crippen molar-refractivity contribution in [2.24, 2.45) is 13.0 Å². The second-order valence-corrected chi connectivity index (χ2v) is 9.32. The number of rotatable bonds is 6. The zero-order chi connectivity index (χ0) is 23.3. The number of carbonyl (C=O) groups excluding carboxylic acids is 2. The molecule has 2 aromatic rings. The predicted molar refractivity (Wildman–Crippen MR) is 124 cm³/mol. The van der Waals surface area contributed by atoms with Gasteiger partial charge >= 0.3 is 6.09 Å². The van der Waals surface area contributed by atoms with Crippen molar-refractivity contribution in [3.8, 4) is 17.0 Å². The molecule has 32 heavy (non-hydrogen) atoms. The summed E-state index contributed by atoms with van der Waals surface area (Å²) in [6.45, 7) is 5.41. The van der Waals surface area contributed by atoms with E-state index in [2.05, 4.69) is 15.6 Å². The van der Waals surface area contributed by atoms with Gasteiger partial charge < -0.3 is 24.7 Å². The van der Waals surface area contributed by atoms with Crippen molar-refractivity contribution < 1.29 is 19.1 Å². The minimum Gasteiger partial charge on any atom is -0.496 e. The molecule has 174 valence electrons. The number of ether oxygens (including phenoxy) is 2. The Morgan fingerprint density at radius 2 is 1.91 bits per heavy atom. The van der Waals surface area contributed by atoms with E-state index in [1.807, 2.05) is 23.7 Å². The molecule has 1 atom stereocenters. The van der Waals surface area contributed by atoms with E-state index in [9.17, 15) is 9.59 Å². The zero-order valence-corrected chi connectivity index (χ0v) is 19.6. The van der Waals surface area contributed by atoms with E-state index in [0.29, 0.717) is 11.4 Å². The van der Waals surface area contributed by atoms with Gasteiger partial charge in [0.25, 0.3) is 0 Å². The lowest BCUT2D eigenvalue weighted by atomic mass is 9.83. The minimum absolute atomic E-state index is 0.0758. The number of benzene rings is 1. The van der Waals surface area contributed by atoms with Crippen LogP contribution in [0.4, 0.5) is 10.5 Å². The minimum atomic E-state index is -0.659. The van der Waals surface area contributed by atoms with Gasteiger partial charge in [-0.1, -0.05) is 19.3 Å². The van der Waals surface area contributed by atoms with Gasteiger partial charge in [0, 0.05) is 24.4 Å². The second kappa shape index (κ2) is 10.1. The third-order valence-corrected chi connectivity index (χ3v) is 5.64. The normalized spacial score (nSPS) is 15.7. The first-order chi connectivity index (χ1) is 15.2. The lowest BCUT2D eigenvalue weighted by Gasteiger charge is -2.31. The van der Waals surface area contributed by atoms with Crippen LogP contribution in [0, 0.1) is 5.92 Å². The van der Waals surface area contributed by atoms with Gasteiger partial charge in [0.15, 0.2) is 0 Å². The molecule has 0 aliphatic heterocycles. The first-order valence-corrected chi connectivity index (χ1v) is 11.1. The van der Waals surface area contributed by atoms with Gasteiger partial charge in [-0.2, -0.15) is 0 Å². The van der Waals surface area contributed by atoms with E-state index in [1.54, 1.807) is 46.5 Å². The molecular formula is C24H34N4O4. The number of hydrogen-bond acceptors (Lipinski definition) is 5. The Morgan fingerprint density at radius 1 is 1.19 bits per heavy atom. The maximum atomic E-state index is 13.2. The molecule has 0 radical (unpaired) electrons. The van der Waals surface area contributed by atoms with E-state index in [4.69, 9.17) is 9.47 Å². The fourth-order valence-corrected chi connectivity index (χ4v) is 4.12. The Balaban J connectivity index is 1.78. The van der Waals surface area contributed by atoms with Crippen LogP contribution in [0.2, 0.25) is 0 Å². The molecule has 1 heterocycles. The summed E-state index contributed by atoms with van der Waals surface area (Å²) < 4.78 is 12.9. The van der Waals surface area contributed by atoms with Crippen LogP contribution in [0.25, 0.3) is 11.3 Å². The number of amides is 2. The lowest BCUT2D eigenvalue weighted by molar-refractivity contribution is -0.119. The molecule has 1 saturated carbocycles. The Hall–Kier alpha value is -3.03. The molecule has 1 aromatic heterocycles. The number of nitrogens with zero attached hydrogens (tertiary/aromatic N) is 2. The van der Waals surface area contributed by atoms with Crippen molar-refractivity contribution in [2.75, 3.05) is 12.4 Å². The lowest BCUT2D eigenvalue weighted by Crippen LogP contribution is -2.50. The molecule has 0 bridgehead atoms. The van der Waals surface area contributed by atoms with Crippen LogP contribution < -0.4 is 15.4 Å². The summed E-state index contributed by atoms with van der Waals surface area (Å²) in [4.78, 5) is 29.8. The number of methoxy groups -OCH3 is 1. The van der Waals surface area contributed by atoms with Crippen LogP contribution in [0.15, 0.2) is 30.7 Å². The van der Waals surface area contributed by atoms with Crippen molar-refractivity contribution in [1.29, 1.82) is 0 Å². The number of hydrogen-bond donors (Lipinski definition) is 2. The van der Waals surface area contributed by atoms with Gasteiger partial charge in [0.1, 0.15) is 17.4 Å². The number of nitrogens with one attached hydrogen (secondary N) is 2. The highest BCUT2D eigenvalue weighted by atomic mass is 16.6. The monoisotopic (exact) mass is 442 g/mol. The Labute approximate surface area is 189 Å². The largest absolute Gasteiger partial charge is 0.496 e. The second-order valence-electron chi connectivity index (χ2n) is 9.32. The SMILES string of the molecule is COc1cc(NC(=O)[C@@H](NC(=O)OC(C)(C)C)C2CCCCC2)ccc1-c1cncn1C. The van der Waals surface area contributed by atoms with Crippen LogP contribution in [-0.2, 0) is 16.6 Å². The van der Waals surface area contributed by atoms with Gasteiger partial charge in [-0.15, -0.1) is 0 Å². The standard InChI is InChI=1S/C24H34N4O4/c1-24(2,3)32-23(30)27-21(16-9-7-6-8-10-16)22(29)26-17-11-12-18(20(13-17)31-5)19-14-25-15-28(19)4/h11-16,21H,6-10H2,1-5H3,(H,26,29)(H,27,30)/t21-/m0/s1. The number of imidazole rings is 1. The quantitative estimate of drug-likeness (QED) is 0.686. The fourth-order valence-electron chi connectivity index (χ4n) is 4.12. The van der Waals surface area contributed by atoms with E-state index in [-0.39, 0.29) is 11.8 Å². The maximum absolute atomic E-state index is 13.2. The average molecular weight is 443 g/mol. The third kappa shape index (κ3) is 6.02. The number of aryl methyl sites for hydroxylation is 1. The van der Waals surface area contributed by atoms with Crippen LogP contribution in [0.1, 0.15) is 52.9 Å². The van der Waals surface area contributed by atoms with Crippen LogP contribution >= 0.6 is 0 Å². The molecule has 8 heteroatoms. The van der Waals surface area contributed by atoms with Crippen molar-refractivity contribution in [3.63, 3.8) is 0 Å². The summed E-state index contributed by atoms with van der Waals surface area (Å²) in [5.74, 6) is 0.450. The highest BCUT2D eigenvalue weighted by Crippen LogP contribution is 2.33. The Kier molecular flexibility index (Phi) is 7.43. The van der Waals surface area contributed by atoms with Gasteiger partial charge in [-0.25, -0.2) is 9.78 Å². The smallest absolute Gasteiger partial charge is 0.408 e. The molecule has 0 saturated heterocycles. The summed E-state index contributed by atoms with van der Waals surface area (Å²) in [5.41, 5.74) is 1.75. The molecule has 1 aliphatic carbocycles. The number of alkyl carbamates (subject to hydrolysis) is 1. The molecule has 1 aliphatic rings.